The third-order valence-corrected chi connectivity index (χ3v) is 22.3. The lowest BCUT2D eigenvalue weighted by Gasteiger charge is -2.21. The van der Waals surface area contributed by atoms with E-state index in [4.69, 9.17) is 37.0 Å². The van der Waals surface area contributed by atoms with E-state index in [0.29, 0.717) is 25.7 Å². The van der Waals surface area contributed by atoms with E-state index in [-0.39, 0.29) is 25.7 Å². The third kappa shape index (κ3) is 79.9. The van der Waals surface area contributed by atoms with E-state index in [1.54, 1.807) is 0 Å². The smallest absolute Gasteiger partial charge is 0.462 e. The molecule has 0 aliphatic heterocycles. The summed E-state index contributed by atoms with van der Waals surface area (Å²) >= 11 is 0. The van der Waals surface area contributed by atoms with Crippen molar-refractivity contribution < 1.29 is 80.2 Å². The van der Waals surface area contributed by atoms with Crippen LogP contribution < -0.4 is 0 Å². The van der Waals surface area contributed by atoms with Gasteiger partial charge in [0.15, 0.2) is 12.2 Å². The molecule has 105 heavy (non-hydrogen) atoms. The quantitative estimate of drug-likeness (QED) is 0.0222. The number of carbonyl (C=O) groups excluding carboxylic acids is 4. The third-order valence-electron chi connectivity index (χ3n) is 20.4. The molecular weight excluding hydrogens is 1370 g/mol. The van der Waals surface area contributed by atoms with Crippen LogP contribution in [0.1, 0.15) is 471 Å². The molecule has 0 aromatic rings. The summed E-state index contributed by atoms with van der Waals surface area (Å²) in [5.74, 6) is -2.10. The van der Waals surface area contributed by atoms with E-state index in [0.717, 1.165) is 89.9 Å². The minimum Gasteiger partial charge on any atom is -0.462 e. The van der Waals surface area contributed by atoms with E-state index >= 15 is 0 Å². The van der Waals surface area contributed by atoms with Crippen LogP contribution >= 0.6 is 15.6 Å². The number of hydrogen-bond acceptors (Lipinski definition) is 15. The van der Waals surface area contributed by atoms with Gasteiger partial charge in [0.25, 0.3) is 0 Å². The van der Waals surface area contributed by atoms with Gasteiger partial charge < -0.3 is 33.8 Å². The van der Waals surface area contributed by atoms with Gasteiger partial charge >= 0.3 is 39.5 Å². The fraction of sp³-hybridized carbons (Fsp3) is 0.953. The Labute approximate surface area is 645 Å². The number of hydrogen-bond donors (Lipinski definition) is 3. The lowest BCUT2D eigenvalue weighted by atomic mass is 10.0. The first-order valence-corrected chi connectivity index (χ1v) is 47.8. The number of carbonyl (C=O) groups is 4. The van der Waals surface area contributed by atoms with Crippen LogP contribution in [0.4, 0.5) is 0 Å². The lowest BCUT2D eigenvalue weighted by molar-refractivity contribution is -0.161. The molecule has 0 saturated heterocycles. The minimum atomic E-state index is -4.96. The van der Waals surface area contributed by atoms with Crippen molar-refractivity contribution in [3.8, 4) is 0 Å². The van der Waals surface area contributed by atoms with E-state index in [9.17, 15) is 43.2 Å². The highest BCUT2D eigenvalue weighted by molar-refractivity contribution is 7.47. The van der Waals surface area contributed by atoms with Crippen molar-refractivity contribution in [2.75, 3.05) is 39.6 Å². The van der Waals surface area contributed by atoms with Crippen molar-refractivity contribution in [1.29, 1.82) is 0 Å². The monoisotopic (exact) mass is 1540 g/mol. The minimum absolute atomic E-state index is 0.109. The molecule has 624 valence electrons. The van der Waals surface area contributed by atoms with Gasteiger partial charge in [0.05, 0.1) is 26.4 Å². The Kier molecular flexibility index (Phi) is 78.6. The second-order valence-electron chi connectivity index (χ2n) is 30.9. The van der Waals surface area contributed by atoms with Crippen molar-refractivity contribution in [2.24, 2.45) is 0 Å². The van der Waals surface area contributed by atoms with Gasteiger partial charge in [-0.1, -0.05) is 419 Å². The van der Waals surface area contributed by atoms with Gasteiger partial charge in [0, 0.05) is 25.7 Å². The molecule has 0 amide bonds. The zero-order valence-electron chi connectivity index (χ0n) is 68.7. The summed E-state index contributed by atoms with van der Waals surface area (Å²) in [5, 5.41) is 10.7. The maximum atomic E-state index is 13.1. The molecule has 0 aliphatic rings. The van der Waals surface area contributed by atoms with Crippen molar-refractivity contribution in [1.82, 2.24) is 0 Å². The molecular formula is C86H168O17P2. The molecule has 0 spiro atoms. The van der Waals surface area contributed by atoms with Crippen LogP contribution in [-0.2, 0) is 65.4 Å². The molecule has 0 aromatic heterocycles. The lowest BCUT2D eigenvalue weighted by Crippen LogP contribution is -2.30. The predicted octanol–water partition coefficient (Wildman–Crippen LogP) is 26.5. The Bertz CT molecular complexity index is 1980. The standard InChI is InChI=1S/C86H168O17P2/c1-5-9-13-17-21-25-29-33-36-38-39-40-41-43-46-49-53-57-61-65-69-73-86(91)103-82(77-97-84(89)71-67-63-59-55-51-47-45-42-37-34-30-26-22-18-14-10-6-2)79-101-105(94,95)99-75-80(87)74-98-104(92,93)100-78-81(76-96-83(88)70-66-62-58-54-50-32-28-24-20-16-12-8-4)102-85(90)72-68-64-60-56-52-48-44-35-31-27-23-19-15-11-7-3/h80-82,87H,5-79H2,1-4H3,(H,92,93)(H,94,95)/t80-,81+,82+/m0/s1. The van der Waals surface area contributed by atoms with Gasteiger partial charge in [-0.3, -0.25) is 37.3 Å². The first-order valence-electron chi connectivity index (χ1n) is 44.8. The van der Waals surface area contributed by atoms with Gasteiger partial charge in [-0.15, -0.1) is 0 Å². The number of rotatable bonds is 87. The summed E-state index contributed by atoms with van der Waals surface area (Å²) in [7, 11) is -9.93. The van der Waals surface area contributed by atoms with E-state index in [1.165, 1.54) is 302 Å². The average Bonchev–Trinajstić information content (AvgIpc) is 0.909. The highest BCUT2D eigenvalue weighted by Gasteiger charge is 2.30. The Hall–Kier alpha value is -1.94. The number of unbranched alkanes of at least 4 members (excludes halogenated alkanes) is 61. The first kappa shape index (κ1) is 103. The molecule has 0 bridgehead atoms. The van der Waals surface area contributed by atoms with Crippen LogP contribution in [-0.4, -0.2) is 96.7 Å². The molecule has 0 rings (SSSR count). The molecule has 0 fully saturated rings. The normalized spacial score (nSPS) is 13.7. The second-order valence-corrected chi connectivity index (χ2v) is 33.8. The van der Waals surface area contributed by atoms with Gasteiger partial charge in [0.1, 0.15) is 19.3 Å². The van der Waals surface area contributed by atoms with Gasteiger partial charge in [0.2, 0.25) is 0 Å². The zero-order chi connectivity index (χ0) is 76.7. The zero-order valence-corrected chi connectivity index (χ0v) is 70.5. The Balaban J connectivity index is 5.24. The molecule has 5 atom stereocenters. The average molecular weight is 1540 g/mol. The topological polar surface area (TPSA) is 237 Å². The van der Waals surface area contributed by atoms with E-state index in [2.05, 4.69) is 27.7 Å². The summed E-state index contributed by atoms with van der Waals surface area (Å²) in [5.41, 5.74) is 0. The van der Waals surface area contributed by atoms with Crippen molar-refractivity contribution in [3.63, 3.8) is 0 Å². The number of aliphatic hydroxyl groups excluding tert-OH is 1. The molecule has 0 aliphatic carbocycles. The summed E-state index contributed by atoms with van der Waals surface area (Å²) in [6.07, 6.45) is 74.9. The van der Waals surface area contributed by atoms with Crippen LogP contribution in [0.25, 0.3) is 0 Å². The molecule has 19 heteroatoms. The number of ether oxygens (including phenoxy) is 4. The van der Waals surface area contributed by atoms with Gasteiger partial charge in [-0.2, -0.15) is 0 Å². The van der Waals surface area contributed by atoms with Crippen molar-refractivity contribution in [3.05, 3.63) is 0 Å². The highest BCUT2D eigenvalue weighted by Crippen LogP contribution is 2.45. The highest BCUT2D eigenvalue weighted by atomic mass is 31.2. The maximum absolute atomic E-state index is 13.1. The van der Waals surface area contributed by atoms with Crippen molar-refractivity contribution >= 4 is 39.5 Å². The van der Waals surface area contributed by atoms with Crippen LogP contribution in [0.3, 0.4) is 0 Å². The molecule has 0 aromatic carbocycles. The molecule has 0 heterocycles. The summed E-state index contributed by atoms with van der Waals surface area (Å²) in [6.45, 7) is 5.06. The predicted molar refractivity (Wildman–Crippen MR) is 432 cm³/mol. The van der Waals surface area contributed by atoms with E-state index in [1.807, 2.05) is 0 Å². The maximum Gasteiger partial charge on any atom is 0.472 e. The molecule has 0 saturated carbocycles. The number of phosphoric acid groups is 2. The fourth-order valence-electron chi connectivity index (χ4n) is 13.5. The Morgan fingerprint density at radius 3 is 0.562 bits per heavy atom. The first-order chi connectivity index (χ1) is 51.2. The Morgan fingerprint density at radius 1 is 0.229 bits per heavy atom. The SMILES string of the molecule is CCCCCCCCCCCCCCCCCCCCCCCC(=O)O[C@H](COC(=O)CCCCCCCCCCCCCCCCCCC)COP(=O)(O)OC[C@@H](O)COP(=O)(O)OC[C@@H](COC(=O)CCCCCCCCCCCCCC)OC(=O)CCCCCCCCCCCCCCCCC. The second kappa shape index (κ2) is 80.1. The van der Waals surface area contributed by atoms with Crippen molar-refractivity contribution in [2.45, 2.75) is 489 Å². The summed E-state index contributed by atoms with van der Waals surface area (Å²) in [4.78, 5) is 73.2. The van der Waals surface area contributed by atoms with Gasteiger partial charge in [-0.25, -0.2) is 9.13 Å². The molecule has 0 radical (unpaired) electrons. The largest absolute Gasteiger partial charge is 0.472 e. The van der Waals surface area contributed by atoms with E-state index < -0.39 is 97.5 Å². The number of esters is 4. The van der Waals surface area contributed by atoms with Crippen LogP contribution in [0.2, 0.25) is 0 Å². The Morgan fingerprint density at radius 2 is 0.381 bits per heavy atom. The van der Waals surface area contributed by atoms with Crippen LogP contribution in [0.15, 0.2) is 0 Å². The molecule has 17 nitrogen and oxygen atoms in total. The summed E-state index contributed by atoms with van der Waals surface area (Å²) < 4.78 is 68.9. The number of aliphatic hydroxyl groups is 1. The molecule has 2 unspecified atom stereocenters. The van der Waals surface area contributed by atoms with Crippen LogP contribution in [0.5, 0.6) is 0 Å². The summed E-state index contributed by atoms with van der Waals surface area (Å²) in [6, 6.07) is 0. The molecule has 3 N–H and O–H groups in total. The van der Waals surface area contributed by atoms with Crippen LogP contribution in [0, 0.1) is 0 Å². The fourth-order valence-corrected chi connectivity index (χ4v) is 15.1. The van der Waals surface area contributed by atoms with Gasteiger partial charge in [-0.05, 0) is 25.7 Å². The number of phosphoric ester groups is 2.